The van der Waals surface area contributed by atoms with Crippen LogP contribution in [0.25, 0.3) is 0 Å². The average molecular weight is 570 g/mol. The molecule has 1 aromatic heterocycles. The number of ether oxygens (including phenoxy) is 1. The van der Waals surface area contributed by atoms with Crippen LogP contribution in [0.5, 0.6) is 5.75 Å². The number of carbonyl (C=O) groups excluding carboxylic acids is 2. The maximum Gasteiger partial charge on any atom is 0.252 e. The summed E-state index contributed by atoms with van der Waals surface area (Å²) in [5.41, 5.74) is 2.62. The van der Waals surface area contributed by atoms with E-state index in [1.54, 1.807) is 36.8 Å². The minimum atomic E-state index is -4.03. The molecular weight excluding hydrogens is 538 g/mol. The van der Waals surface area contributed by atoms with Gasteiger partial charge in [0.1, 0.15) is 11.9 Å². The molecule has 0 saturated carbocycles. The van der Waals surface area contributed by atoms with Crippen LogP contribution in [-0.4, -0.2) is 36.2 Å². The van der Waals surface area contributed by atoms with Gasteiger partial charge in [-0.3, -0.25) is 9.59 Å². The van der Waals surface area contributed by atoms with E-state index in [9.17, 15) is 18.0 Å². The van der Waals surface area contributed by atoms with Crippen molar-refractivity contribution in [3.8, 4) is 5.75 Å². The fourth-order valence-corrected chi connectivity index (χ4v) is 6.75. The van der Waals surface area contributed by atoms with Gasteiger partial charge in [0, 0.05) is 36.5 Å². The minimum Gasteiger partial charge on any atom is -0.484 e. The fourth-order valence-electron chi connectivity index (χ4n) is 5.12. The first-order chi connectivity index (χ1) is 19.9. The molecule has 0 spiro atoms. The molecule has 0 radical (unpaired) electrons. The number of hydrogen-bond donors (Lipinski definition) is 1. The first-order valence-electron chi connectivity index (χ1n) is 13.4. The number of hydrogen-bond acceptors (Lipinski definition) is 6. The standard InChI is InChI=1S/C32H31N3O5S/c1-2-17-34-32(37)26-11-6-7-14-31(26)41(38,39)21-27-24-12-8-13-28(36)25(24)15-16-29(27)40-30(20-35-19-18-33-22-35)23-9-4-3-5-10-23/h2-7,9-11,14-16,18-19,22,30H,1,8,12-13,17,20-21H2,(H,34,37). The van der Waals surface area contributed by atoms with Crippen molar-refractivity contribution in [1.29, 1.82) is 0 Å². The van der Waals surface area contributed by atoms with Gasteiger partial charge in [0.05, 0.1) is 29.1 Å². The molecule has 5 rings (SSSR count). The van der Waals surface area contributed by atoms with Crippen molar-refractivity contribution in [2.75, 3.05) is 6.54 Å². The molecule has 9 heteroatoms. The lowest BCUT2D eigenvalue weighted by molar-refractivity contribution is 0.0951. The van der Waals surface area contributed by atoms with Crippen molar-refractivity contribution in [2.45, 2.75) is 42.6 Å². The molecular formula is C32H31N3O5S. The number of aromatic nitrogens is 2. The summed E-state index contributed by atoms with van der Waals surface area (Å²) in [6.07, 6.45) is 7.89. The maximum absolute atomic E-state index is 14.0. The summed E-state index contributed by atoms with van der Waals surface area (Å²) in [7, 11) is -4.03. The van der Waals surface area contributed by atoms with Gasteiger partial charge in [0.25, 0.3) is 5.91 Å². The van der Waals surface area contributed by atoms with E-state index < -0.39 is 27.6 Å². The number of sulfone groups is 1. The van der Waals surface area contributed by atoms with Crippen molar-refractivity contribution in [3.05, 3.63) is 126 Å². The topological polar surface area (TPSA) is 107 Å². The Morgan fingerprint density at radius 3 is 2.61 bits per heavy atom. The second-order valence-electron chi connectivity index (χ2n) is 9.88. The quantitative estimate of drug-likeness (QED) is 0.252. The lowest BCUT2D eigenvalue weighted by Gasteiger charge is -2.26. The number of imidazole rings is 1. The van der Waals surface area contributed by atoms with E-state index in [2.05, 4.69) is 16.9 Å². The zero-order chi connectivity index (χ0) is 28.8. The number of fused-ring (bicyclic) bond motifs is 1. The van der Waals surface area contributed by atoms with Gasteiger partial charge in [0.15, 0.2) is 15.6 Å². The molecule has 8 nitrogen and oxygen atoms in total. The van der Waals surface area contributed by atoms with Crippen molar-refractivity contribution in [1.82, 2.24) is 14.9 Å². The Morgan fingerprint density at radius 1 is 1.07 bits per heavy atom. The Balaban J connectivity index is 1.57. The molecule has 3 aromatic carbocycles. The molecule has 1 aliphatic carbocycles. The Labute approximate surface area is 239 Å². The van der Waals surface area contributed by atoms with Gasteiger partial charge in [-0.2, -0.15) is 0 Å². The zero-order valence-corrected chi connectivity index (χ0v) is 23.3. The molecule has 1 N–H and O–H groups in total. The first kappa shape index (κ1) is 28.0. The predicted octanol–water partition coefficient (Wildman–Crippen LogP) is 5.11. The Morgan fingerprint density at radius 2 is 1.85 bits per heavy atom. The highest BCUT2D eigenvalue weighted by Gasteiger charge is 2.30. The van der Waals surface area contributed by atoms with Crippen molar-refractivity contribution in [3.63, 3.8) is 0 Å². The monoisotopic (exact) mass is 569 g/mol. The van der Waals surface area contributed by atoms with E-state index in [1.165, 1.54) is 18.2 Å². The number of Topliss-reactive ketones (excluding diaryl/α,β-unsaturated/α-hetero) is 1. The number of nitrogens with zero attached hydrogens (tertiary/aromatic N) is 2. The van der Waals surface area contributed by atoms with Crippen molar-refractivity contribution < 1.29 is 22.7 Å². The van der Waals surface area contributed by atoms with E-state index in [-0.39, 0.29) is 22.8 Å². The van der Waals surface area contributed by atoms with Crippen LogP contribution in [0, 0.1) is 0 Å². The van der Waals surface area contributed by atoms with E-state index in [1.807, 2.05) is 41.1 Å². The second kappa shape index (κ2) is 12.3. The van der Waals surface area contributed by atoms with Crippen LogP contribution >= 0.6 is 0 Å². The number of ketones is 1. The van der Waals surface area contributed by atoms with Gasteiger partial charge in [-0.1, -0.05) is 48.5 Å². The van der Waals surface area contributed by atoms with E-state index in [0.717, 1.165) is 5.56 Å². The molecule has 1 unspecified atom stereocenters. The number of benzene rings is 3. The van der Waals surface area contributed by atoms with Crippen molar-refractivity contribution in [2.24, 2.45) is 0 Å². The molecule has 210 valence electrons. The molecule has 4 aromatic rings. The lowest BCUT2D eigenvalue weighted by Crippen LogP contribution is -2.25. The third-order valence-corrected chi connectivity index (χ3v) is 8.80. The number of carbonyl (C=O) groups is 2. The van der Waals surface area contributed by atoms with Gasteiger partial charge in [-0.25, -0.2) is 13.4 Å². The van der Waals surface area contributed by atoms with Crippen LogP contribution in [0.4, 0.5) is 0 Å². The summed E-state index contributed by atoms with van der Waals surface area (Å²) in [5, 5.41) is 2.66. The highest BCUT2D eigenvalue weighted by molar-refractivity contribution is 7.90. The van der Waals surface area contributed by atoms with Crippen LogP contribution in [-0.2, 0) is 28.6 Å². The molecule has 1 atom stereocenters. The van der Waals surface area contributed by atoms with E-state index in [4.69, 9.17) is 4.74 Å². The van der Waals surface area contributed by atoms with E-state index >= 15 is 0 Å². The van der Waals surface area contributed by atoms with Crippen LogP contribution < -0.4 is 10.1 Å². The van der Waals surface area contributed by atoms with Gasteiger partial charge in [-0.15, -0.1) is 6.58 Å². The SMILES string of the molecule is C=CCNC(=O)c1ccccc1S(=O)(=O)Cc1c(OC(Cn2ccnc2)c2ccccc2)ccc2c1CCCC2=O. The second-order valence-corrected chi connectivity index (χ2v) is 11.8. The van der Waals surface area contributed by atoms with E-state index in [0.29, 0.717) is 48.2 Å². The summed E-state index contributed by atoms with van der Waals surface area (Å²) in [5.74, 6) is -0.546. The van der Waals surface area contributed by atoms with Gasteiger partial charge >= 0.3 is 0 Å². The lowest BCUT2D eigenvalue weighted by atomic mass is 9.87. The van der Waals surface area contributed by atoms with Gasteiger partial charge in [0.2, 0.25) is 0 Å². The summed E-state index contributed by atoms with van der Waals surface area (Å²) >= 11 is 0. The Kier molecular flexibility index (Phi) is 8.45. The molecule has 1 aliphatic rings. The van der Waals surface area contributed by atoms with Gasteiger partial charge in [-0.05, 0) is 48.2 Å². The number of nitrogens with one attached hydrogen (secondary N) is 1. The molecule has 0 saturated heterocycles. The minimum absolute atomic E-state index is 0.0151. The third-order valence-electron chi connectivity index (χ3n) is 7.10. The summed E-state index contributed by atoms with van der Waals surface area (Å²) in [6, 6.07) is 19.2. The third kappa shape index (κ3) is 6.30. The number of rotatable bonds is 11. The molecule has 1 amide bonds. The van der Waals surface area contributed by atoms with Gasteiger partial charge < -0.3 is 14.6 Å². The molecule has 41 heavy (non-hydrogen) atoms. The summed E-state index contributed by atoms with van der Waals surface area (Å²) in [6.45, 7) is 4.25. The zero-order valence-electron chi connectivity index (χ0n) is 22.5. The largest absolute Gasteiger partial charge is 0.484 e. The highest BCUT2D eigenvalue weighted by atomic mass is 32.2. The maximum atomic E-state index is 14.0. The number of amides is 1. The predicted molar refractivity (Wildman–Crippen MR) is 156 cm³/mol. The summed E-state index contributed by atoms with van der Waals surface area (Å²) < 4.78 is 36.5. The molecule has 1 heterocycles. The normalized spacial score (nSPS) is 13.7. The Bertz CT molecular complexity index is 1660. The Hall–Kier alpha value is -4.50. The van der Waals surface area contributed by atoms with Crippen LogP contribution in [0.2, 0.25) is 0 Å². The molecule has 0 fully saturated rings. The van der Waals surface area contributed by atoms with Crippen LogP contribution in [0.15, 0.2) is 103 Å². The van der Waals surface area contributed by atoms with Crippen LogP contribution in [0.1, 0.15) is 56.4 Å². The highest BCUT2D eigenvalue weighted by Crippen LogP contribution is 2.37. The molecule has 0 bridgehead atoms. The first-order valence-corrected chi connectivity index (χ1v) is 15.1. The fraction of sp³-hybridized carbons (Fsp3) is 0.219. The average Bonchev–Trinajstić information content (AvgIpc) is 3.50. The van der Waals surface area contributed by atoms with Crippen molar-refractivity contribution >= 4 is 21.5 Å². The molecule has 0 aliphatic heterocycles. The van der Waals surface area contributed by atoms with Crippen LogP contribution in [0.3, 0.4) is 0 Å². The smallest absolute Gasteiger partial charge is 0.252 e. The summed E-state index contributed by atoms with van der Waals surface area (Å²) in [4.78, 5) is 29.7.